The number of aromatic nitrogens is 1. The van der Waals surface area contributed by atoms with Crippen molar-refractivity contribution >= 4 is 5.91 Å². The minimum Gasteiger partial charge on any atom is -0.375 e. The predicted octanol–water partition coefficient (Wildman–Crippen LogP) is 0.942. The van der Waals surface area contributed by atoms with Crippen molar-refractivity contribution in [3.8, 4) is 0 Å². The van der Waals surface area contributed by atoms with Gasteiger partial charge in [0.1, 0.15) is 5.82 Å². The molecule has 1 amide bonds. The number of rotatable bonds is 2. The van der Waals surface area contributed by atoms with Crippen LogP contribution in [0.2, 0.25) is 0 Å². The van der Waals surface area contributed by atoms with Gasteiger partial charge in [-0.1, -0.05) is 0 Å². The number of likely N-dealkylation sites (tertiary alicyclic amines) is 1. The normalized spacial score (nSPS) is 26.4. The lowest BCUT2D eigenvalue weighted by Gasteiger charge is -2.37. The summed E-state index contributed by atoms with van der Waals surface area (Å²) >= 11 is 0. The summed E-state index contributed by atoms with van der Waals surface area (Å²) in [7, 11) is 2.11. The molecule has 2 aliphatic rings. The Hall–Kier alpha value is -1.53. The molecule has 2 aliphatic heterocycles. The van der Waals surface area contributed by atoms with Gasteiger partial charge in [-0.2, -0.15) is 0 Å². The van der Waals surface area contributed by atoms with Gasteiger partial charge in [-0.05, 0) is 25.6 Å². The molecule has 0 spiro atoms. The largest absolute Gasteiger partial charge is 0.375 e. The summed E-state index contributed by atoms with van der Waals surface area (Å²) < 4.78 is 18.8. The van der Waals surface area contributed by atoms with E-state index in [1.807, 2.05) is 4.90 Å². The molecule has 0 N–H and O–H groups in total. The molecule has 5 nitrogen and oxygen atoms in total. The number of hydrogen-bond donors (Lipinski definition) is 0. The lowest BCUT2D eigenvalue weighted by Crippen LogP contribution is -2.49. The number of nitrogens with zero attached hydrogens (tertiary/aromatic N) is 3. The molecule has 1 aromatic rings. The van der Waals surface area contributed by atoms with Gasteiger partial charge in [0, 0.05) is 37.8 Å². The number of fused-ring (bicyclic) bond motifs is 1. The molecule has 3 heterocycles. The van der Waals surface area contributed by atoms with E-state index in [0.717, 1.165) is 38.9 Å². The summed E-state index contributed by atoms with van der Waals surface area (Å²) in [6.07, 6.45) is 2.47. The molecule has 6 heteroatoms. The van der Waals surface area contributed by atoms with Crippen LogP contribution in [0.15, 0.2) is 18.3 Å². The molecule has 2 fully saturated rings. The maximum atomic E-state index is 12.9. The van der Waals surface area contributed by atoms with E-state index in [4.69, 9.17) is 4.74 Å². The van der Waals surface area contributed by atoms with E-state index in [0.29, 0.717) is 18.2 Å². The molecule has 3 rings (SSSR count). The average molecular weight is 307 g/mol. The van der Waals surface area contributed by atoms with Gasteiger partial charge in [0.15, 0.2) is 0 Å². The molecule has 0 unspecified atom stereocenters. The Balaban J connectivity index is 1.59. The first-order valence-corrected chi connectivity index (χ1v) is 7.80. The lowest BCUT2D eigenvalue weighted by molar-refractivity contribution is -0.136. The second-order valence-electron chi connectivity index (χ2n) is 6.20. The molecular formula is C16H22FN3O2. The van der Waals surface area contributed by atoms with Crippen LogP contribution in [0.1, 0.15) is 12.1 Å². The molecule has 120 valence electrons. The fraction of sp³-hybridized carbons (Fsp3) is 0.625. The van der Waals surface area contributed by atoms with Crippen LogP contribution in [0.5, 0.6) is 0 Å². The monoisotopic (exact) mass is 307 g/mol. The van der Waals surface area contributed by atoms with Crippen LogP contribution in [0, 0.1) is 11.7 Å². The molecule has 22 heavy (non-hydrogen) atoms. The molecule has 1 aromatic heterocycles. The van der Waals surface area contributed by atoms with E-state index < -0.39 is 0 Å². The molecule has 0 saturated carbocycles. The number of carbonyl (C=O) groups is 1. The van der Waals surface area contributed by atoms with Gasteiger partial charge in [0.05, 0.1) is 25.3 Å². The highest BCUT2D eigenvalue weighted by molar-refractivity contribution is 5.78. The first kappa shape index (κ1) is 15.4. The number of likely N-dealkylation sites (N-methyl/N-ethyl adjacent to an activating group) is 1. The zero-order chi connectivity index (χ0) is 15.5. The van der Waals surface area contributed by atoms with Crippen molar-refractivity contribution in [2.45, 2.75) is 18.9 Å². The number of ether oxygens (including phenoxy) is 1. The van der Waals surface area contributed by atoms with Crippen molar-refractivity contribution in [1.29, 1.82) is 0 Å². The van der Waals surface area contributed by atoms with E-state index in [9.17, 15) is 9.18 Å². The molecule has 0 bridgehead atoms. The Labute approximate surface area is 130 Å². The quantitative estimate of drug-likeness (QED) is 0.816. The molecular weight excluding hydrogens is 285 g/mol. The van der Waals surface area contributed by atoms with Crippen molar-refractivity contribution < 1.29 is 13.9 Å². The zero-order valence-corrected chi connectivity index (χ0v) is 12.9. The molecule has 2 atom stereocenters. The van der Waals surface area contributed by atoms with Crippen molar-refractivity contribution in [2.24, 2.45) is 5.92 Å². The Morgan fingerprint density at radius 3 is 3.05 bits per heavy atom. The molecule has 0 aliphatic carbocycles. The van der Waals surface area contributed by atoms with Crippen LogP contribution in [0.4, 0.5) is 4.39 Å². The van der Waals surface area contributed by atoms with E-state index in [1.165, 1.54) is 6.07 Å². The minimum atomic E-state index is -0.381. The van der Waals surface area contributed by atoms with Gasteiger partial charge in [-0.25, -0.2) is 4.39 Å². The third kappa shape index (κ3) is 3.62. The van der Waals surface area contributed by atoms with Crippen molar-refractivity contribution in [3.63, 3.8) is 0 Å². The number of halogens is 1. The van der Waals surface area contributed by atoms with Crippen LogP contribution >= 0.6 is 0 Å². The Kier molecular flexibility index (Phi) is 4.69. The van der Waals surface area contributed by atoms with Crippen molar-refractivity contribution in [2.75, 3.05) is 39.8 Å². The van der Waals surface area contributed by atoms with E-state index in [2.05, 4.69) is 16.9 Å². The van der Waals surface area contributed by atoms with Gasteiger partial charge in [0.25, 0.3) is 0 Å². The highest BCUT2D eigenvalue weighted by Crippen LogP contribution is 2.24. The maximum absolute atomic E-state index is 12.9. The smallest absolute Gasteiger partial charge is 0.228 e. The van der Waals surface area contributed by atoms with Crippen molar-refractivity contribution in [1.82, 2.24) is 14.8 Å². The average Bonchev–Trinajstić information content (AvgIpc) is 2.69. The number of piperidine rings is 1. The number of pyridine rings is 1. The highest BCUT2D eigenvalue weighted by atomic mass is 19.1. The number of amides is 1. The Bertz CT molecular complexity index is 523. The zero-order valence-electron chi connectivity index (χ0n) is 12.9. The van der Waals surface area contributed by atoms with Gasteiger partial charge >= 0.3 is 0 Å². The summed E-state index contributed by atoms with van der Waals surface area (Å²) in [6.45, 7) is 4.11. The third-order valence-electron chi connectivity index (χ3n) is 4.52. The van der Waals surface area contributed by atoms with Crippen LogP contribution in [0.25, 0.3) is 0 Å². The lowest BCUT2D eigenvalue weighted by atomic mass is 9.93. The predicted molar refractivity (Wildman–Crippen MR) is 79.8 cm³/mol. The third-order valence-corrected chi connectivity index (χ3v) is 4.52. The topological polar surface area (TPSA) is 45.7 Å². The molecule has 2 saturated heterocycles. The second kappa shape index (κ2) is 6.71. The van der Waals surface area contributed by atoms with E-state index in [1.54, 1.807) is 6.07 Å². The second-order valence-corrected chi connectivity index (χ2v) is 6.20. The van der Waals surface area contributed by atoms with Gasteiger partial charge in [0.2, 0.25) is 5.91 Å². The summed E-state index contributed by atoms with van der Waals surface area (Å²) in [5.74, 6) is 0.159. The Morgan fingerprint density at radius 2 is 2.27 bits per heavy atom. The van der Waals surface area contributed by atoms with Crippen LogP contribution in [-0.4, -0.2) is 66.6 Å². The standard InChI is InChI=1S/C16H22FN3O2/c1-19-6-7-22-15-11-20(5-4-12(15)10-19)16(21)8-14-3-2-13(17)9-18-14/h2-3,9,12,15H,4-8,10-11H2,1H3/t12-,15-/m1/s1. The molecule has 0 aromatic carbocycles. The summed E-state index contributed by atoms with van der Waals surface area (Å²) in [5, 5.41) is 0. The Morgan fingerprint density at radius 1 is 1.41 bits per heavy atom. The van der Waals surface area contributed by atoms with Gasteiger partial charge in [-0.3, -0.25) is 9.78 Å². The number of carbonyl (C=O) groups excluding carboxylic acids is 1. The molecule has 0 radical (unpaired) electrons. The van der Waals surface area contributed by atoms with Crippen LogP contribution in [-0.2, 0) is 16.0 Å². The van der Waals surface area contributed by atoms with Gasteiger partial charge < -0.3 is 14.5 Å². The van der Waals surface area contributed by atoms with Crippen molar-refractivity contribution in [3.05, 3.63) is 29.8 Å². The first-order chi connectivity index (χ1) is 10.6. The fourth-order valence-corrected chi connectivity index (χ4v) is 3.22. The maximum Gasteiger partial charge on any atom is 0.228 e. The minimum absolute atomic E-state index is 0.0405. The van der Waals surface area contributed by atoms with Gasteiger partial charge in [-0.15, -0.1) is 0 Å². The van der Waals surface area contributed by atoms with Crippen LogP contribution < -0.4 is 0 Å². The summed E-state index contributed by atoms with van der Waals surface area (Å²) in [4.78, 5) is 20.5. The first-order valence-electron chi connectivity index (χ1n) is 7.80. The number of hydrogen-bond acceptors (Lipinski definition) is 4. The highest BCUT2D eigenvalue weighted by Gasteiger charge is 2.34. The van der Waals surface area contributed by atoms with E-state index in [-0.39, 0.29) is 24.2 Å². The SMILES string of the molecule is CN1CCO[C@@H]2CN(C(=O)Cc3ccc(F)cn3)CC[C@@H]2C1. The fourth-order valence-electron chi connectivity index (χ4n) is 3.22. The van der Waals surface area contributed by atoms with Crippen LogP contribution in [0.3, 0.4) is 0 Å². The van der Waals surface area contributed by atoms with E-state index >= 15 is 0 Å². The summed E-state index contributed by atoms with van der Waals surface area (Å²) in [6, 6.07) is 2.91. The summed E-state index contributed by atoms with van der Waals surface area (Å²) in [5.41, 5.74) is 0.607.